The molecule has 0 saturated carbocycles. The summed E-state index contributed by atoms with van der Waals surface area (Å²) in [5, 5.41) is 9.20. The summed E-state index contributed by atoms with van der Waals surface area (Å²) in [5.41, 5.74) is 1.00. The van der Waals surface area contributed by atoms with Crippen molar-refractivity contribution < 1.29 is 4.74 Å². The van der Waals surface area contributed by atoms with E-state index in [2.05, 4.69) is 10.2 Å². The second-order valence-electron chi connectivity index (χ2n) is 3.65. The molecular formula is C11H13ClN4OS. The van der Waals surface area contributed by atoms with Crippen molar-refractivity contribution in [3.05, 3.63) is 34.6 Å². The third-order valence-electron chi connectivity index (χ3n) is 2.45. The van der Waals surface area contributed by atoms with E-state index in [0.29, 0.717) is 21.8 Å². The molecule has 0 saturated heterocycles. The van der Waals surface area contributed by atoms with Crippen LogP contribution in [0.5, 0.6) is 5.75 Å². The number of thioether (sulfide) groups is 1. The number of nitrogens with zero attached hydrogens (tertiary/aromatic N) is 3. The molecule has 0 aliphatic carbocycles. The van der Waals surface area contributed by atoms with Crippen molar-refractivity contribution in [3.63, 3.8) is 0 Å². The number of rotatable bonds is 4. The molecule has 2 rings (SSSR count). The first-order valence-corrected chi connectivity index (χ1v) is 6.60. The van der Waals surface area contributed by atoms with Gasteiger partial charge in [-0.3, -0.25) is 0 Å². The highest BCUT2D eigenvalue weighted by Crippen LogP contribution is 2.28. The molecule has 2 aromatic rings. The molecule has 0 aliphatic heterocycles. The van der Waals surface area contributed by atoms with Crippen molar-refractivity contribution in [3.8, 4) is 5.75 Å². The minimum atomic E-state index is 0.666. The Labute approximate surface area is 114 Å². The number of ether oxygens (including phenoxy) is 1. The van der Waals surface area contributed by atoms with Crippen LogP contribution in [0.4, 0.5) is 0 Å². The van der Waals surface area contributed by atoms with Crippen LogP contribution < -0.4 is 10.6 Å². The van der Waals surface area contributed by atoms with E-state index < -0.39 is 0 Å². The highest BCUT2D eigenvalue weighted by atomic mass is 35.5. The van der Waals surface area contributed by atoms with E-state index in [4.69, 9.17) is 22.2 Å². The number of hydrogen-bond donors (Lipinski definition) is 1. The molecule has 0 fully saturated rings. The summed E-state index contributed by atoms with van der Waals surface area (Å²) in [6, 6.07) is 5.59. The van der Waals surface area contributed by atoms with Crippen LogP contribution in [0.25, 0.3) is 0 Å². The van der Waals surface area contributed by atoms with Crippen molar-refractivity contribution in [2.45, 2.75) is 17.8 Å². The van der Waals surface area contributed by atoms with Gasteiger partial charge < -0.3 is 10.6 Å². The van der Waals surface area contributed by atoms with Crippen LogP contribution in [-0.2, 0) is 5.75 Å². The largest absolute Gasteiger partial charge is 0.497 e. The lowest BCUT2D eigenvalue weighted by Gasteiger charge is -2.06. The van der Waals surface area contributed by atoms with E-state index in [-0.39, 0.29) is 0 Å². The predicted octanol–water partition coefficient (Wildman–Crippen LogP) is 2.25. The molecule has 0 spiro atoms. The van der Waals surface area contributed by atoms with Crippen molar-refractivity contribution in [1.29, 1.82) is 0 Å². The molecule has 0 atom stereocenters. The van der Waals surface area contributed by atoms with Gasteiger partial charge in [0.25, 0.3) is 0 Å². The minimum absolute atomic E-state index is 0.666. The van der Waals surface area contributed by atoms with Gasteiger partial charge in [-0.1, -0.05) is 29.4 Å². The van der Waals surface area contributed by atoms with Gasteiger partial charge >= 0.3 is 0 Å². The maximum absolute atomic E-state index is 6.15. The van der Waals surface area contributed by atoms with Gasteiger partial charge in [-0.05, 0) is 24.6 Å². The van der Waals surface area contributed by atoms with E-state index in [9.17, 15) is 0 Å². The molecule has 5 nitrogen and oxygen atoms in total. The molecule has 7 heteroatoms. The summed E-state index contributed by atoms with van der Waals surface area (Å²) in [5.74, 6) is 7.87. The van der Waals surface area contributed by atoms with Gasteiger partial charge in [0.2, 0.25) is 5.16 Å². The number of nitrogens with two attached hydrogens (primary N) is 1. The number of methoxy groups -OCH3 is 1. The summed E-state index contributed by atoms with van der Waals surface area (Å²) < 4.78 is 6.56. The van der Waals surface area contributed by atoms with Crippen LogP contribution in [0.15, 0.2) is 23.4 Å². The fraction of sp³-hybridized carbons (Fsp3) is 0.273. The molecule has 18 heavy (non-hydrogen) atoms. The van der Waals surface area contributed by atoms with Gasteiger partial charge in [0.05, 0.1) is 7.11 Å². The molecule has 1 heterocycles. The van der Waals surface area contributed by atoms with Crippen LogP contribution in [-0.4, -0.2) is 22.0 Å². The number of aryl methyl sites for hydroxylation is 1. The second-order valence-corrected chi connectivity index (χ2v) is 5.00. The molecule has 0 aliphatic rings. The SMILES string of the molecule is COc1ccc(CSc2nnc(C)n2N)c(Cl)c1. The molecule has 0 amide bonds. The molecule has 0 unspecified atom stereocenters. The average molecular weight is 285 g/mol. The zero-order valence-electron chi connectivity index (χ0n) is 10.1. The monoisotopic (exact) mass is 284 g/mol. The standard InChI is InChI=1S/C11H13ClN4OS/c1-7-14-15-11(16(7)13)18-6-8-3-4-9(17-2)5-10(8)12/h3-5H,6,13H2,1-2H3. The first-order valence-electron chi connectivity index (χ1n) is 5.24. The lowest BCUT2D eigenvalue weighted by molar-refractivity contribution is 0.414. The van der Waals surface area contributed by atoms with E-state index in [1.165, 1.54) is 16.4 Å². The predicted molar refractivity (Wildman–Crippen MR) is 72.5 cm³/mol. The topological polar surface area (TPSA) is 66.0 Å². The zero-order chi connectivity index (χ0) is 13.1. The van der Waals surface area contributed by atoms with E-state index in [1.54, 1.807) is 20.1 Å². The third-order valence-corrected chi connectivity index (χ3v) is 3.80. The highest BCUT2D eigenvalue weighted by molar-refractivity contribution is 7.98. The minimum Gasteiger partial charge on any atom is -0.497 e. The van der Waals surface area contributed by atoms with E-state index in [0.717, 1.165) is 11.3 Å². The quantitative estimate of drug-likeness (QED) is 0.689. The second kappa shape index (κ2) is 5.49. The fourth-order valence-corrected chi connectivity index (χ4v) is 2.59. The van der Waals surface area contributed by atoms with Crippen LogP contribution in [0.3, 0.4) is 0 Å². The number of nitrogen functional groups attached to an aromatic ring is 1. The van der Waals surface area contributed by atoms with Gasteiger partial charge in [0, 0.05) is 10.8 Å². The molecule has 0 radical (unpaired) electrons. The van der Waals surface area contributed by atoms with Crippen LogP contribution in [0.1, 0.15) is 11.4 Å². The van der Waals surface area contributed by atoms with Crippen molar-refractivity contribution in [2.24, 2.45) is 0 Å². The lowest BCUT2D eigenvalue weighted by atomic mass is 10.2. The molecule has 96 valence electrons. The number of aromatic nitrogens is 3. The first-order chi connectivity index (χ1) is 8.61. The van der Waals surface area contributed by atoms with Gasteiger partial charge in [0.1, 0.15) is 11.6 Å². The molecule has 0 bridgehead atoms. The smallest absolute Gasteiger partial charge is 0.210 e. The van der Waals surface area contributed by atoms with Gasteiger partial charge in [-0.2, -0.15) is 0 Å². The summed E-state index contributed by atoms with van der Waals surface area (Å²) in [7, 11) is 1.61. The van der Waals surface area contributed by atoms with Crippen molar-refractivity contribution in [1.82, 2.24) is 14.9 Å². The van der Waals surface area contributed by atoms with Gasteiger partial charge in [0.15, 0.2) is 0 Å². The Morgan fingerprint density at radius 3 is 2.78 bits per heavy atom. The normalized spacial score (nSPS) is 10.6. The van der Waals surface area contributed by atoms with Crippen molar-refractivity contribution in [2.75, 3.05) is 13.0 Å². The number of hydrogen-bond acceptors (Lipinski definition) is 5. The van der Waals surface area contributed by atoms with Crippen LogP contribution in [0, 0.1) is 6.92 Å². The summed E-state index contributed by atoms with van der Waals surface area (Å²) in [6.45, 7) is 1.80. The Kier molecular flexibility index (Phi) is 3.98. The molecule has 1 aromatic heterocycles. The molecule has 1 aromatic carbocycles. The average Bonchev–Trinajstić information content (AvgIpc) is 2.68. The number of halogens is 1. The molecular weight excluding hydrogens is 272 g/mol. The Morgan fingerprint density at radius 2 is 2.22 bits per heavy atom. The van der Waals surface area contributed by atoms with Gasteiger partial charge in [-0.25, -0.2) is 4.68 Å². The Balaban J connectivity index is 2.08. The summed E-state index contributed by atoms with van der Waals surface area (Å²) in [4.78, 5) is 0. The third kappa shape index (κ3) is 2.70. The zero-order valence-corrected chi connectivity index (χ0v) is 11.6. The van der Waals surface area contributed by atoms with Crippen LogP contribution >= 0.6 is 23.4 Å². The van der Waals surface area contributed by atoms with Crippen molar-refractivity contribution >= 4 is 23.4 Å². The summed E-state index contributed by atoms with van der Waals surface area (Å²) >= 11 is 7.64. The number of benzene rings is 1. The van der Waals surface area contributed by atoms with E-state index >= 15 is 0 Å². The summed E-state index contributed by atoms with van der Waals surface area (Å²) in [6.07, 6.45) is 0. The highest BCUT2D eigenvalue weighted by Gasteiger charge is 2.08. The Bertz CT molecular complexity index is 558. The first kappa shape index (κ1) is 13.0. The maximum Gasteiger partial charge on any atom is 0.210 e. The Morgan fingerprint density at radius 1 is 1.44 bits per heavy atom. The van der Waals surface area contributed by atoms with Gasteiger partial charge in [-0.15, -0.1) is 10.2 Å². The Hall–Kier alpha value is -1.40. The molecule has 2 N–H and O–H groups in total. The van der Waals surface area contributed by atoms with Crippen LogP contribution in [0.2, 0.25) is 5.02 Å². The fourth-order valence-electron chi connectivity index (χ4n) is 1.36. The maximum atomic E-state index is 6.15. The van der Waals surface area contributed by atoms with E-state index in [1.807, 2.05) is 12.1 Å². The lowest BCUT2D eigenvalue weighted by Crippen LogP contribution is -2.11.